The maximum absolute atomic E-state index is 12.5. The van der Waals surface area contributed by atoms with E-state index in [-0.39, 0.29) is 12.2 Å². The van der Waals surface area contributed by atoms with Crippen LogP contribution in [0.25, 0.3) is 0 Å². The van der Waals surface area contributed by atoms with Crippen LogP contribution >= 0.6 is 0 Å². The maximum atomic E-state index is 12.5. The molecule has 1 aliphatic heterocycles. The van der Waals surface area contributed by atoms with Crippen molar-refractivity contribution in [3.63, 3.8) is 0 Å². The number of amides is 1. The number of Topliss-reactive ketones (excluding diaryl/α,β-unsaturated/α-hetero) is 1. The van der Waals surface area contributed by atoms with Crippen LogP contribution in [0.2, 0.25) is 0 Å². The Kier molecular flexibility index (Phi) is 4.57. The van der Waals surface area contributed by atoms with Gasteiger partial charge in [0.25, 0.3) is 5.56 Å². The third-order valence-electron chi connectivity index (χ3n) is 3.63. The second-order valence-electron chi connectivity index (χ2n) is 5.87. The number of hydrogen-bond donors (Lipinski definition) is 0. The van der Waals surface area contributed by atoms with Crippen LogP contribution in [0, 0.1) is 5.92 Å². The average Bonchev–Trinajstić information content (AvgIpc) is 2.49. The number of ketones is 1. The zero-order valence-corrected chi connectivity index (χ0v) is 13.5. The van der Waals surface area contributed by atoms with Gasteiger partial charge in [-0.3, -0.25) is 19.0 Å². The van der Waals surface area contributed by atoms with Gasteiger partial charge in [0.05, 0.1) is 0 Å². The summed E-state index contributed by atoms with van der Waals surface area (Å²) in [6, 6.07) is 0. The topological polar surface area (TPSA) is 107 Å². The van der Waals surface area contributed by atoms with Crippen molar-refractivity contribution in [3.8, 4) is 0 Å². The highest BCUT2D eigenvalue weighted by Gasteiger charge is 2.35. The number of nitrogens with zero attached hydrogens (tertiary/aromatic N) is 5. The molecule has 0 spiro atoms. The van der Waals surface area contributed by atoms with Crippen LogP contribution in [0.3, 0.4) is 0 Å². The molecule has 23 heavy (non-hydrogen) atoms. The lowest BCUT2D eigenvalue weighted by atomic mass is 10.00. The molecule has 0 aromatic carbocycles. The number of carbonyl (C=O) groups is 2. The van der Waals surface area contributed by atoms with Crippen molar-refractivity contribution < 1.29 is 9.59 Å². The number of aryl methyl sites for hydroxylation is 1. The quantitative estimate of drug-likeness (QED) is 0.668. The van der Waals surface area contributed by atoms with Gasteiger partial charge in [-0.25, -0.2) is 14.5 Å². The molecule has 0 aliphatic carbocycles. The predicted molar refractivity (Wildman–Crippen MR) is 82.2 cm³/mol. The van der Waals surface area contributed by atoms with Crippen LogP contribution in [-0.4, -0.2) is 44.3 Å². The van der Waals surface area contributed by atoms with E-state index < -0.39 is 28.9 Å². The molecule has 1 aromatic rings. The van der Waals surface area contributed by atoms with E-state index in [4.69, 9.17) is 0 Å². The van der Waals surface area contributed by atoms with E-state index >= 15 is 0 Å². The third kappa shape index (κ3) is 3.13. The summed E-state index contributed by atoms with van der Waals surface area (Å²) in [5.41, 5.74) is -1.37. The van der Waals surface area contributed by atoms with Crippen LogP contribution < -0.4 is 11.2 Å². The largest absolute Gasteiger partial charge is 0.347 e. The van der Waals surface area contributed by atoms with Crippen molar-refractivity contribution in [2.45, 2.75) is 32.7 Å². The van der Waals surface area contributed by atoms with Gasteiger partial charge < -0.3 is 0 Å². The molecule has 0 bridgehead atoms. The van der Waals surface area contributed by atoms with Crippen LogP contribution in [0.1, 0.15) is 31.9 Å². The zero-order chi connectivity index (χ0) is 17.3. The first-order chi connectivity index (χ1) is 10.7. The molecule has 124 valence electrons. The van der Waals surface area contributed by atoms with E-state index in [9.17, 15) is 19.2 Å². The summed E-state index contributed by atoms with van der Waals surface area (Å²) < 4.78 is 2.05. The summed E-state index contributed by atoms with van der Waals surface area (Å²) in [6.07, 6.45) is 1.83. The summed E-state index contributed by atoms with van der Waals surface area (Å²) in [7, 11) is 2.75. The molecule has 0 saturated heterocycles. The van der Waals surface area contributed by atoms with Crippen molar-refractivity contribution in [1.82, 2.24) is 19.4 Å². The smallest absolute Gasteiger partial charge is 0.287 e. The SMILES string of the molecule is CC(C)CCn1c(=O)c(C2C=NN(C)C(=O)C2=O)nn(C)c1=O. The standard InChI is InChI=1S/C14H19N5O4/c1-8(2)5-6-19-12(21)10(16-18(4)14(19)23)9-7-15-17(3)13(22)11(9)20/h7-9H,5-6H2,1-4H3. The number of aromatic nitrogens is 3. The van der Waals surface area contributed by atoms with E-state index in [1.54, 1.807) is 0 Å². The summed E-state index contributed by atoms with van der Waals surface area (Å²) in [6.45, 7) is 4.18. The molecular weight excluding hydrogens is 302 g/mol. The molecule has 9 nitrogen and oxygen atoms in total. The first kappa shape index (κ1) is 16.8. The van der Waals surface area contributed by atoms with Gasteiger partial charge in [0, 0.05) is 26.9 Å². The molecule has 2 heterocycles. The fraction of sp³-hybridized carbons (Fsp3) is 0.571. The summed E-state index contributed by atoms with van der Waals surface area (Å²) in [5, 5.41) is 8.56. The summed E-state index contributed by atoms with van der Waals surface area (Å²) >= 11 is 0. The minimum absolute atomic E-state index is 0.161. The maximum Gasteiger partial charge on any atom is 0.347 e. The highest BCUT2D eigenvalue weighted by atomic mass is 16.2. The lowest BCUT2D eigenvalue weighted by Crippen LogP contribution is -2.47. The van der Waals surface area contributed by atoms with E-state index in [2.05, 4.69) is 10.2 Å². The van der Waals surface area contributed by atoms with Crippen molar-refractivity contribution in [3.05, 3.63) is 26.5 Å². The third-order valence-corrected chi connectivity index (χ3v) is 3.63. The van der Waals surface area contributed by atoms with Crippen molar-refractivity contribution >= 4 is 17.9 Å². The zero-order valence-electron chi connectivity index (χ0n) is 13.5. The van der Waals surface area contributed by atoms with Gasteiger partial charge in [-0.15, -0.1) is 0 Å². The van der Waals surface area contributed by atoms with Gasteiger partial charge in [0.1, 0.15) is 11.6 Å². The second kappa shape index (κ2) is 6.27. The van der Waals surface area contributed by atoms with Crippen molar-refractivity contribution in [2.75, 3.05) is 7.05 Å². The van der Waals surface area contributed by atoms with Crippen LogP contribution in [0.5, 0.6) is 0 Å². The van der Waals surface area contributed by atoms with Gasteiger partial charge in [0.15, 0.2) is 0 Å². The highest BCUT2D eigenvalue weighted by Crippen LogP contribution is 2.14. The molecule has 0 saturated carbocycles. The van der Waals surface area contributed by atoms with Crippen molar-refractivity contribution in [2.24, 2.45) is 18.1 Å². The van der Waals surface area contributed by atoms with E-state index in [0.717, 1.165) is 14.3 Å². The first-order valence-electron chi connectivity index (χ1n) is 7.28. The Bertz CT molecular complexity index is 789. The lowest BCUT2D eigenvalue weighted by Gasteiger charge is -2.20. The Morgan fingerprint density at radius 1 is 1.17 bits per heavy atom. The predicted octanol–water partition coefficient (Wildman–Crippen LogP) is -0.901. The van der Waals surface area contributed by atoms with E-state index in [0.29, 0.717) is 12.3 Å². The molecule has 0 N–H and O–H groups in total. The molecule has 1 unspecified atom stereocenters. The Morgan fingerprint density at radius 2 is 1.83 bits per heavy atom. The monoisotopic (exact) mass is 321 g/mol. The summed E-state index contributed by atoms with van der Waals surface area (Å²) in [4.78, 5) is 48.5. The minimum atomic E-state index is -1.16. The fourth-order valence-corrected chi connectivity index (χ4v) is 2.20. The van der Waals surface area contributed by atoms with E-state index in [1.807, 2.05) is 13.8 Å². The number of carbonyl (C=O) groups excluding carboxylic acids is 2. The summed E-state index contributed by atoms with van der Waals surface area (Å²) in [5.74, 6) is -2.47. The number of hydrazone groups is 1. The molecule has 9 heteroatoms. The molecule has 1 aliphatic rings. The number of hydrogen-bond acceptors (Lipinski definition) is 6. The Hall–Kier alpha value is -2.58. The van der Waals surface area contributed by atoms with Crippen LogP contribution in [-0.2, 0) is 23.2 Å². The normalized spacial score (nSPS) is 18.1. The Balaban J connectivity index is 2.54. The fourth-order valence-electron chi connectivity index (χ4n) is 2.20. The molecule has 0 fully saturated rings. The van der Waals surface area contributed by atoms with Gasteiger partial charge in [0.2, 0.25) is 5.78 Å². The second-order valence-corrected chi connectivity index (χ2v) is 5.87. The molecule has 1 amide bonds. The number of likely N-dealkylation sites (N-methyl/N-ethyl adjacent to an activating group) is 1. The average molecular weight is 321 g/mol. The molecule has 0 radical (unpaired) electrons. The lowest BCUT2D eigenvalue weighted by molar-refractivity contribution is -0.144. The van der Waals surface area contributed by atoms with Gasteiger partial charge in [-0.05, 0) is 12.3 Å². The van der Waals surface area contributed by atoms with E-state index in [1.165, 1.54) is 20.3 Å². The minimum Gasteiger partial charge on any atom is -0.287 e. The molecular formula is C14H19N5O4. The molecule has 1 atom stereocenters. The number of rotatable bonds is 4. The highest BCUT2D eigenvalue weighted by molar-refractivity contribution is 6.42. The van der Waals surface area contributed by atoms with Gasteiger partial charge in [-0.1, -0.05) is 13.8 Å². The van der Waals surface area contributed by atoms with Crippen molar-refractivity contribution in [1.29, 1.82) is 0 Å². The van der Waals surface area contributed by atoms with Crippen LogP contribution in [0.4, 0.5) is 0 Å². The Labute approximate surface area is 132 Å². The van der Waals surface area contributed by atoms with Gasteiger partial charge in [-0.2, -0.15) is 10.2 Å². The molecule has 2 rings (SSSR count). The first-order valence-corrected chi connectivity index (χ1v) is 7.28. The molecule has 1 aromatic heterocycles. The van der Waals surface area contributed by atoms with Gasteiger partial charge >= 0.3 is 11.6 Å². The Morgan fingerprint density at radius 3 is 2.43 bits per heavy atom. The van der Waals surface area contributed by atoms with Crippen LogP contribution in [0.15, 0.2) is 14.7 Å².